The lowest BCUT2D eigenvalue weighted by Crippen LogP contribution is -2.39. The van der Waals surface area contributed by atoms with Crippen LogP contribution in [0.15, 0.2) is 48.7 Å². The first kappa shape index (κ1) is 22.7. The number of nitrogens with one attached hydrogen (secondary N) is 1. The van der Waals surface area contributed by atoms with Crippen LogP contribution in [-0.2, 0) is 15.8 Å². The van der Waals surface area contributed by atoms with Gasteiger partial charge >= 0.3 is 6.18 Å². The zero-order chi connectivity index (χ0) is 23.9. The summed E-state index contributed by atoms with van der Waals surface area (Å²) in [4.78, 5) is 34.7. The summed E-state index contributed by atoms with van der Waals surface area (Å²) >= 11 is 6.33. The van der Waals surface area contributed by atoms with Gasteiger partial charge in [0.2, 0.25) is 12.1 Å². The number of fused-ring (bicyclic) bond motifs is 3. The molecule has 2 aromatic heterocycles. The van der Waals surface area contributed by atoms with Crippen LogP contribution in [0.2, 0.25) is 5.15 Å². The molecule has 3 aromatic rings. The highest BCUT2D eigenvalue weighted by molar-refractivity contribution is 6.33. The molecule has 0 spiro atoms. The largest absolute Gasteiger partial charge is 0.416 e. The molecule has 6 nitrogen and oxygen atoms in total. The van der Waals surface area contributed by atoms with Gasteiger partial charge in [0.05, 0.1) is 16.9 Å². The van der Waals surface area contributed by atoms with E-state index in [1.807, 2.05) is 0 Å². The van der Waals surface area contributed by atoms with Crippen molar-refractivity contribution in [2.75, 3.05) is 16.8 Å². The van der Waals surface area contributed by atoms with Gasteiger partial charge in [0.25, 0.3) is 5.91 Å². The number of hydrogen-bond donors (Lipinski definition) is 1. The van der Waals surface area contributed by atoms with Crippen LogP contribution in [0.3, 0.4) is 0 Å². The highest BCUT2D eigenvalue weighted by atomic mass is 35.5. The first-order valence-electron chi connectivity index (χ1n) is 9.61. The Morgan fingerprint density at radius 1 is 1.21 bits per heavy atom. The number of alkyl halides is 4. The predicted octanol–water partition coefficient (Wildman–Crippen LogP) is 5.12. The Kier molecular flexibility index (Phi) is 5.79. The number of hydrogen-bond acceptors (Lipinski definition) is 4. The van der Waals surface area contributed by atoms with Crippen LogP contribution in [0.25, 0.3) is 11.1 Å². The number of amides is 2. The Hall–Kier alpha value is -3.53. The van der Waals surface area contributed by atoms with E-state index in [0.29, 0.717) is 5.69 Å². The van der Waals surface area contributed by atoms with Crippen molar-refractivity contribution in [3.8, 4) is 11.1 Å². The van der Waals surface area contributed by atoms with Gasteiger partial charge in [-0.2, -0.15) is 13.2 Å². The Bertz CT molecular complexity index is 1250. The average molecular weight is 479 g/mol. The van der Waals surface area contributed by atoms with Crippen molar-refractivity contribution in [3.63, 3.8) is 0 Å². The standard InChI is InChI=1S/C22H15ClF4N4O2/c1-11-9-15-17(20(23)29-11)14-3-2-8-28-19(14)18(24)21(33)31(15)10-16(32)30-13-6-4-12(5-7-13)22(25,26)27/h2-9,18H,10H2,1H3,(H,30,32)/t18-/m1/s1. The molecule has 2 amide bonds. The third kappa shape index (κ3) is 4.38. The van der Waals surface area contributed by atoms with E-state index in [1.165, 1.54) is 12.3 Å². The maximum Gasteiger partial charge on any atom is 0.416 e. The molecule has 1 aliphatic rings. The van der Waals surface area contributed by atoms with Gasteiger partial charge in [-0.05, 0) is 43.3 Å². The molecule has 0 bridgehead atoms. The summed E-state index contributed by atoms with van der Waals surface area (Å²) in [7, 11) is 0. The second kappa shape index (κ2) is 8.43. The van der Waals surface area contributed by atoms with Crippen molar-refractivity contribution in [2.24, 2.45) is 0 Å². The molecule has 1 aromatic carbocycles. The van der Waals surface area contributed by atoms with E-state index < -0.39 is 36.3 Å². The maximum absolute atomic E-state index is 15.2. The van der Waals surface area contributed by atoms with Gasteiger partial charge in [0, 0.05) is 28.7 Å². The molecule has 1 aliphatic heterocycles. The SMILES string of the molecule is Cc1cc2c(c(Cl)n1)-c1cccnc1[C@@H](F)C(=O)N2CC(=O)Nc1ccc(C(F)(F)F)cc1. The molecule has 0 unspecified atom stereocenters. The first-order valence-corrected chi connectivity index (χ1v) is 9.99. The van der Waals surface area contributed by atoms with Crippen LogP contribution in [0.5, 0.6) is 0 Å². The first-order chi connectivity index (χ1) is 15.6. The molecule has 11 heteroatoms. The molecule has 4 rings (SSSR count). The van der Waals surface area contributed by atoms with Gasteiger partial charge < -0.3 is 5.32 Å². The lowest BCUT2D eigenvalue weighted by molar-refractivity contribution is -0.137. The molecule has 1 atom stereocenters. The monoisotopic (exact) mass is 478 g/mol. The fourth-order valence-electron chi connectivity index (χ4n) is 3.53. The molecular formula is C22H15ClF4N4O2. The second-order valence-electron chi connectivity index (χ2n) is 7.29. The Morgan fingerprint density at radius 3 is 2.58 bits per heavy atom. The fourth-order valence-corrected chi connectivity index (χ4v) is 3.87. The predicted molar refractivity (Wildman–Crippen MR) is 113 cm³/mol. The fraction of sp³-hybridized carbons (Fsp3) is 0.182. The van der Waals surface area contributed by atoms with Crippen LogP contribution >= 0.6 is 11.6 Å². The molecule has 0 aliphatic carbocycles. The van der Waals surface area contributed by atoms with Crippen molar-refractivity contribution in [1.82, 2.24) is 9.97 Å². The minimum Gasteiger partial charge on any atom is -0.325 e. The van der Waals surface area contributed by atoms with E-state index in [0.717, 1.165) is 29.2 Å². The number of aromatic nitrogens is 2. The summed E-state index contributed by atoms with van der Waals surface area (Å²) < 4.78 is 53.4. The van der Waals surface area contributed by atoms with Gasteiger partial charge in [-0.15, -0.1) is 0 Å². The molecule has 3 heterocycles. The zero-order valence-corrected chi connectivity index (χ0v) is 17.7. The second-order valence-corrected chi connectivity index (χ2v) is 7.65. The van der Waals surface area contributed by atoms with Gasteiger partial charge in [-0.25, -0.2) is 9.37 Å². The summed E-state index contributed by atoms with van der Waals surface area (Å²) in [5.41, 5.74) is 0.193. The topological polar surface area (TPSA) is 75.2 Å². The van der Waals surface area contributed by atoms with Crippen molar-refractivity contribution in [3.05, 3.63) is 70.8 Å². The third-order valence-electron chi connectivity index (χ3n) is 5.00. The minimum absolute atomic E-state index is 0.00861. The lowest BCUT2D eigenvalue weighted by atomic mass is 10.0. The molecule has 33 heavy (non-hydrogen) atoms. The van der Waals surface area contributed by atoms with Crippen LogP contribution in [0.1, 0.15) is 23.1 Å². The summed E-state index contributed by atoms with van der Waals surface area (Å²) in [5, 5.41) is 2.43. The van der Waals surface area contributed by atoms with Crippen LogP contribution in [0, 0.1) is 6.92 Å². The van der Waals surface area contributed by atoms with Crippen molar-refractivity contribution in [1.29, 1.82) is 0 Å². The number of halogens is 5. The summed E-state index contributed by atoms with van der Waals surface area (Å²) in [6.45, 7) is 1.01. The Balaban J connectivity index is 1.68. The smallest absolute Gasteiger partial charge is 0.325 e. The molecule has 0 radical (unpaired) electrons. The number of benzene rings is 1. The summed E-state index contributed by atoms with van der Waals surface area (Å²) in [6.07, 6.45) is -5.35. The van der Waals surface area contributed by atoms with Crippen molar-refractivity contribution >= 4 is 34.8 Å². The number of nitrogens with zero attached hydrogens (tertiary/aromatic N) is 3. The minimum atomic E-state index is -4.52. The van der Waals surface area contributed by atoms with Gasteiger partial charge in [-0.3, -0.25) is 19.5 Å². The number of rotatable bonds is 3. The van der Waals surface area contributed by atoms with E-state index in [4.69, 9.17) is 11.6 Å². The molecule has 170 valence electrons. The molecule has 0 saturated heterocycles. The Morgan fingerprint density at radius 2 is 1.91 bits per heavy atom. The van der Waals surface area contributed by atoms with Crippen LogP contribution in [-0.4, -0.2) is 28.3 Å². The lowest BCUT2D eigenvalue weighted by Gasteiger charge is -2.24. The van der Waals surface area contributed by atoms with Crippen LogP contribution < -0.4 is 10.2 Å². The van der Waals surface area contributed by atoms with Gasteiger partial charge in [0.1, 0.15) is 11.7 Å². The van der Waals surface area contributed by atoms with E-state index in [1.54, 1.807) is 19.1 Å². The van der Waals surface area contributed by atoms with E-state index in [2.05, 4.69) is 15.3 Å². The van der Waals surface area contributed by atoms with Gasteiger partial charge in [-0.1, -0.05) is 17.7 Å². The summed E-state index contributed by atoms with van der Waals surface area (Å²) in [5.74, 6) is -1.77. The van der Waals surface area contributed by atoms with Crippen LogP contribution in [0.4, 0.5) is 28.9 Å². The molecule has 1 N–H and O–H groups in total. The Labute approximate surface area is 190 Å². The number of aryl methyl sites for hydroxylation is 1. The van der Waals surface area contributed by atoms with E-state index in [-0.39, 0.29) is 33.3 Å². The van der Waals surface area contributed by atoms with E-state index in [9.17, 15) is 22.8 Å². The molecule has 0 saturated carbocycles. The number of carbonyl (C=O) groups excluding carboxylic acids is 2. The average Bonchev–Trinajstić information content (AvgIpc) is 2.83. The molecule has 0 fully saturated rings. The normalized spacial score (nSPS) is 15.5. The highest BCUT2D eigenvalue weighted by Crippen LogP contribution is 2.43. The highest BCUT2D eigenvalue weighted by Gasteiger charge is 2.37. The summed E-state index contributed by atoms with van der Waals surface area (Å²) in [6, 6.07) is 8.41. The maximum atomic E-state index is 15.2. The molecular weight excluding hydrogens is 464 g/mol. The van der Waals surface area contributed by atoms with Crippen molar-refractivity contribution in [2.45, 2.75) is 19.3 Å². The number of carbonyl (C=O) groups is 2. The van der Waals surface area contributed by atoms with Gasteiger partial charge in [0.15, 0.2) is 0 Å². The zero-order valence-electron chi connectivity index (χ0n) is 17.0. The number of anilines is 2. The van der Waals surface area contributed by atoms with E-state index >= 15 is 4.39 Å². The van der Waals surface area contributed by atoms with Crippen molar-refractivity contribution < 1.29 is 27.2 Å². The quantitative estimate of drug-likeness (QED) is 0.419. The number of pyridine rings is 2. The third-order valence-corrected chi connectivity index (χ3v) is 5.28.